The first-order chi connectivity index (χ1) is 9.58. The Balaban J connectivity index is 1.95. The van der Waals surface area contributed by atoms with Crippen LogP contribution < -0.4 is 5.43 Å². The molecule has 0 fully saturated rings. The Bertz CT molecular complexity index is 650. The molecule has 0 bridgehead atoms. The third-order valence-electron chi connectivity index (χ3n) is 2.77. The highest BCUT2D eigenvalue weighted by Crippen LogP contribution is 2.23. The Hall–Kier alpha value is -1.78. The number of nitrogens with zero attached hydrogens (tertiary/aromatic N) is 2. The Morgan fingerprint density at radius 2 is 2.15 bits per heavy atom. The molecule has 20 heavy (non-hydrogen) atoms. The molecule has 1 N–H and O–H groups in total. The lowest BCUT2D eigenvalue weighted by Crippen LogP contribution is -2.20. The van der Waals surface area contributed by atoms with Crippen molar-refractivity contribution in [2.24, 2.45) is 12.1 Å². The summed E-state index contributed by atoms with van der Waals surface area (Å²) in [6.07, 6.45) is 3.62. The maximum absolute atomic E-state index is 11.7. The molecule has 0 atom stereocenters. The molecule has 0 radical (unpaired) electrons. The van der Waals surface area contributed by atoms with Gasteiger partial charge in [-0.1, -0.05) is 35.3 Å². The maximum Gasteiger partial charge on any atom is 0.245 e. The normalized spacial score (nSPS) is 10.9. The Kier molecular flexibility index (Phi) is 4.82. The second-order valence-corrected chi connectivity index (χ2v) is 5.01. The number of nitrogens with one attached hydrogen (secondary N) is 1. The third kappa shape index (κ3) is 3.62. The molecule has 2 rings (SSSR count). The number of benzene rings is 1. The summed E-state index contributed by atoms with van der Waals surface area (Å²) in [4.78, 5) is 11.7. The van der Waals surface area contributed by atoms with Crippen molar-refractivity contribution < 1.29 is 4.79 Å². The minimum absolute atomic E-state index is 0.193. The van der Waals surface area contributed by atoms with Gasteiger partial charge in [-0.15, -0.1) is 0 Å². The van der Waals surface area contributed by atoms with E-state index >= 15 is 0 Å². The maximum atomic E-state index is 11.7. The number of aryl methyl sites for hydroxylation is 1. The summed E-state index contributed by atoms with van der Waals surface area (Å²) in [5.41, 5.74) is 4.03. The zero-order chi connectivity index (χ0) is 14.5. The van der Waals surface area contributed by atoms with Crippen LogP contribution in [0.2, 0.25) is 10.0 Å². The second-order valence-electron chi connectivity index (χ2n) is 4.22. The fourth-order valence-corrected chi connectivity index (χ4v) is 2.03. The summed E-state index contributed by atoms with van der Waals surface area (Å²) in [5.74, 6) is -0.193. The van der Waals surface area contributed by atoms with Crippen molar-refractivity contribution in [1.82, 2.24) is 9.99 Å². The van der Waals surface area contributed by atoms with Crippen LogP contribution in [0.1, 0.15) is 11.3 Å². The van der Waals surface area contributed by atoms with Crippen molar-refractivity contribution in [3.63, 3.8) is 0 Å². The van der Waals surface area contributed by atoms with E-state index in [1.54, 1.807) is 18.2 Å². The number of rotatable bonds is 4. The van der Waals surface area contributed by atoms with Gasteiger partial charge < -0.3 is 4.57 Å². The third-order valence-corrected chi connectivity index (χ3v) is 3.60. The van der Waals surface area contributed by atoms with E-state index in [2.05, 4.69) is 10.5 Å². The Morgan fingerprint density at radius 3 is 2.85 bits per heavy atom. The van der Waals surface area contributed by atoms with Crippen LogP contribution in [-0.4, -0.2) is 16.7 Å². The molecule has 1 aromatic heterocycles. The van der Waals surface area contributed by atoms with E-state index in [0.29, 0.717) is 15.6 Å². The predicted molar refractivity (Wildman–Crippen MR) is 81.3 cm³/mol. The summed E-state index contributed by atoms with van der Waals surface area (Å²) >= 11 is 11.9. The molecule has 4 nitrogen and oxygen atoms in total. The molecule has 104 valence electrons. The van der Waals surface area contributed by atoms with Crippen LogP contribution >= 0.6 is 23.2 Å². The van der Waals surface area contributed by atoms with Crippen molar-refractivity contribution in [2.45, 2.75) is 6.42 Å². The number of carbonyl (C=O) groups is 1. The van der Waals surface area contributed by atoms with Crippen LogP contribution in [-0.2, 0) is 18.3 Å². The highest BCUT2D eigenvalue weighted by molar-refractivity contribution is 6.43. The molecule has 6 heteroatoms. The smallest absolute Gasteiger partial charge is 0.245 e. The monoisotopic (exact) mass is 309 g/mol. The second kappa shape index (κ2) is 6.59. The lowest BCUT2D eigenvalue weighted by Gasteiger charge is -2.02. The van der Waals surface area contributed by atoms with Gasteiger partial charge in [0.2, 0.25) is 5.91 Å². The lowest BCUT2D eigenvalue weighted by molar-refractivity contribution is -0.120. The van der Waals surface area contributed by atoms with E-state index in [1.165, 1.54) is 6.21 Å². The fraction of sp³-hybridized carbons (Fsp3) is 0.143. The molecule has 1 heterocycles. The van der Waals surface area contributed by atoms with Crippen LogP contribution in [0.4, 0.5) is 0 Å². The van der Waals surface area contributed by atoms with Crippen molar-refractivity contribution in [1.29, 1.82) is 0 Å². The topological polar surface area (TPSA) is 46.4 Å². The van der Waals surface area contributed by atoms with Crippen LogP contribution in [0, 0.1) is 0 Å². The fourth-order valence-electron chi connectivity index (χ4n) is 1.68. The summed E-state index contributed by atoms with van der Waals surface area (Å²) in [6, 6.07) is 8.99. The molecule has 1 aromatic carbocycles. The predicted octanol–water partition coefficient (Wildman–Crippen LogP) is 3.02. The van der Waals surface area contributed by atoms with Crippen LogP contribution in [0.25, 0.3) is 0 Å². The summed E-state index contributed by atoms with van der Waals surface area (Å²) < 4.78 is 1.89. The Labute approximate surface area is 127 Å². The van der Waals surface area contributed by atoms with Gasteiger partial charge in [-0.05, 0) is 18.2 Å². The highest BCUT2D eigenvalue weighted by Gasteiger charge is 2.05. The summed E-state index contributed by atoms with van der Waals surface area (Å²) in [7, 11) is 1.89. The van der Waals surface area contributed by atoms with Crippen LogP contribution in [0.15, 0.2) is 41.6 Å². The van der Waals surface area contributed by atoms with Crippen LogP contribution in [0.3, 0.4) is 0 Å². The number of hydrogen-bond donors (Lipinski definition) is 1. The molecule has 2 aromatic rings. The summed E-state index contributed by atoms with van der Waals surface area (Å²) in [6.45, 7) is 0. The standard InChI is InChI=1S/C14H13Cl2N3O/c1-19-7-3-5-11(19)8-13(20)18-17-9-10-4-2-6-12(15)14(10)16/h2-7,9H,8H2,1H3,(H,18,20)/b17-9-. The van der Waals surface area contributed by atoms with Gasteiger partial charge in [0.1, 0.15) is 0 Å². The first-order valence-corrected chi connectivity index (χ1v) is 6.69. The molecule has 0 aliphatic carbocycles. The molecule has 0 unspecified atom stereocenters. The van der Waals surface area contributed by atoms with E-state index in [9.17, 15) is 4.79 Å². The SMILES string of the molecule is Cn1cccc1CC(=O)N/N=C\c1cccc(Cl)c1Cl. The lowest BCUT2D eigenvalue weighted by atomic mass is 10.2. The number of aromatic nitrogens is 1. The Morgan fingerprint density at radius 1 is 1.35 bits per heavy atom. The molecular formula is C14H13Cl2N3O. The average Bonchev–Trinajstić information content (AvgIpc) is 2.80. The van der Waals surface area contributed by atoms with Crippen molar-refractivity contribution >= 4 is 35.3 Å². The summed E-state index contributed by atoms with van der Waals surface area (Å²) in [5, 5.41) is 4.74. The number of hydrogen-bond acceptors (Lipinski definition) is 2. The number of carbonyl (C=O) groups excluding carboxylic acids is 1. The first-order valence-electron chi connectivity index (χ1n) is 5.94. The van der Waals surface area contributed by atoms with Crippen molar-refractivity contribution in [3.8, 4) is 0 Å². The van der Waals surface area contributed by atoms with E-state index in [4.69, 9.17) is 23.2 Å². The van der Waals surface area contributed by atoms with Crippen molar-refractivity contribution in [2.75, 3.05) is 0 Å². The van der Waals surface area contributed by atoms with Gasteiger partial charge >= 0.3 is 0 Å². The molecule has 0 aliphatic rings. The van der Waals surface area contributed by atoms with Gasteiger partial charge in [0, 0.05) is 24.5 Å². The van der Waals surface area contributed by atoms with E-state index < -0.39 is 0 Å². The van der Waals surface area contributed by atoms with Gasteiger partial charge in [0.05, 0.1) is 22.7 Å². The molecule has 1 amide bonds. The minimum atomic E-state index is -0.193. The van der Waals surface area contributed by atoms with Gasteiger partial charge in [0.15, 0.2) is 0 Å². The van der Waals surface area contributed by atoms with Gasteiger partial charge in [-0.25, -0.2) is 5.43 Å². The highest BCUT2D eigenvalue weighted by atomic mass is 35.5. The molecule has 0 saturated carbocycles. The van der Waals surface area contributed by atoms with E-state index in [-0.39, 0.29) is 12.3 Å². The van der Waals surface area contributed by atoms with E-state index in [1.807, 2.05) is 29.9 Å². The zero-order valence-corrected chi connectivity index (χ0v) is 12.3. The molecule has 0 spiro atoms. The average molecular weight is 310 g/mol. The van der Waals surface area contributed by atoms with Gasteiger partial charge in [0.25, 0.3) is 0 Å². The minimum Gasteiger partial charge on any atom is -0.354 e. The largest absolute Gasteiger partial charge is 0.354 e. The van der Waals surface area contributed by atoms with Gasteiger partial charge in [-0.2, -0.15) is 5.10 Å². The quantitative estimate of drug-likeness (QED) is 0.685. The molecule has 0 aliphatic heterocycles. The number of hydrazone groups is 1. The van der Waals surface area contributed by atoms with Crippen molar-refractivity contribution in [3.05, 3.63) is 57.8 Å². The van der Waals surface area contributed by atoms with Gasteiger partial charge in [-0.3, -0.25) is 4.79 Å². The number of amides is 1. The number of halogens is 2. The first kappa shape index (κ1) is 14.6. The van der Waals surface area contributed by atoms with Crippen LogP contribution in [0.5, 0.6) is 0 Å². The van der Waals surface area contributed by atoms with E-state index in [0.717, 1.165) is 5.69 Å². The molecular weight excluding hydrogens is 297 g/mol. The molecule has 0 saturated heterocycles. The zero-order valence-electron chi connectivity index (χ0n) is 10.8.